The molecular formula is C27H22ClN5O4S2. The molecule has 5 rings (SSSR count). The molecule has 1 N–H and O–H groups in total. The van der Waals surface area contributed by atoms with Crippen LogP contribution in [0.1, 0.15) is 28.8 Å². The molecule has 0 fully saturated rings. The van der Waals surface area contributed by atoms with Gasteiger partial charge >= 0.3 is 0 Å². The zero-order valence-electron chi connectivity index (χ0n) is 20.5. The molecule has 198 valence electrons. The van der Waals surface area contributed by atoms with E-state index in [-0.39, 0.29) is 17.0 Å². The van der Waals surface area contributed by atoms with Crippen molar-refractivity contribution in [1.29, 1.82) is 0 Å². The zero-order valence-corrected chi connectivity index (χ0v) is 22.9. The van der Waals surface area contributed by atoms with E-state index < -0.39 is 10.8 Å². The zero-order chi connectivity index (χ0) is 27.4. The van der Waals surface area contributed by atoms with Crippen LogP contribution in [0.15, 0.2) is 69.7 Å². The second kappa shape index (κ2) is 11.9. The number of thiophene rings is 1. The van der Waals surface area contributed by atoms with E-state index >= 15 is 0 Å². The lowest BCUT2D eigenvalue weighted by Gasteiger charge is -2.13. The fraction of sp³-hybridized carbons (Fsp3) is 0.185. The van der Waals surface area contributed by atoms with Gasteiger partial charge in [0.25, 0.3) is 17.2 Å². The summed E-state index contributed by atoms with van der Waals surface area (Å²) in [6, 6.07) is 13.3. The Morgan fingerprint density at radius 2 is 1.97 bits per heavy atom. The van der Waals surface area contributed by atoms with E-state index in [2.05, 4.69) is 10.5 Å². The minimum absolute atomic E-state index is 0.0228. The van der Waals surface area contributed by atoms with E-state index in [1.807, 2.05) is 0 Å². The highest BCUT2D eigenvalue weighted by Crippen LogP contribution is 2.35. The number of hydrazone groups is 1. The normalized spacial score (nSPS) is 13.3. The smallest absolute Gasteiger partial charge is 0.272 e. The van der Waals surface area contributed by atoms with Crippen molar-refractivity contribution in [1.82, 2.24) is 15.0 Å². The molecule has 2 heterocycles. The summed E-state index contributed by atoms with van der Waals surface area (Å²) in [4.78, 5) is 43.6. The Balaban J connectivity index is 1.34. The van der Waals surface area contributed by atoms with Gasteiger partial charge in [0.1, 0.15) is 4.83 Å². The molecule has 0 aliphatic heterocycles. The summed E-state index contributed by atoms with van der Waals surface area (Å²) in [5, 5.41) is 16.6. The molecule has 0 spiro atoms. The van der Waals surface area contributed by atoms with Gasteiger partial charge in [0.2, 0.25) is 0 Å². The first-order valence-corrected chi connectivity index (χ1v) is 14.3. The molecule has 1 aliphatic rings. The van der Waals surface area contributed by atoms with Gasteiger partial charge in [-0.15, -0.1) is 11.3 Å². The average molecular weight is 580 g/mol. The molecule has 0 saturated heterocycles. The van der Waals surface area contributed by atoms with Crippen LogP contribution in [0.2, 0.25) is 5.02 Å². The van der Waals surface area contributed by atoms with Crippen LogP contribution in [0.25, 0.3) is 22.0 Å². The number of carbonyl (C=O) groups is 1. The average Bonchev–Trinajstić information content (AvgIpc) is 3.31. The van der Waals surface area contributed by atoms with Crippen molar-refractivity contribution in [2.45, 2.75) is 30.8 Å². The number of amides is 1. The molecule has 0 saturated carbocycles. The van der Waals surface area contributed by atoms with Gasteiger partial charge in [-0.2, -0.15) is 5.10 Å². The highest BCUT2D eigenvalue weighted by atomic mass is 35.5. The lowest BCUT2D eigenvalue weighted by molar-refractivity contribution is -0.385. The molecule has 1 amide bonds. The van der Waals surface area contributed by atoms with Crippen LogP contribution in [-0.4, -0.2) is 32.3 Å². The number of thioether (sulfide) groups is 1. The summed E-state index contributed by atoms with van der Waals surface area (Å²) in [6.45, 7) is 0. The monoisotopic (exact) mass is 579 g/mol. The molecule has 0 unspecified atom stereocenters. The number of nitrogens with zero attached hydrogens (tertiary/aromatic N) is 4. The number of rotatable bonds is 8. The summed E-state index contributed by atoms with van der Waals surface area (Å²) in [7, 11) is 0. The fourth-order valence-electron chi connectivity index (χ4n) is 4.36. The summed E-state index contributed by atoms with van der Waals surface area (Å²) < 4.78 is 1.54. The van der Waals surface area contributed by atoms with E-state index in [0.717, 1.165) is 43.0 Å². The summed E-state index contributed by atoms with van der Waals surface area (Å²) in [5.74, 6) is -0.417. The topological polar surface area (TPSA) is 119 Å². The molecule has 0 bridgehead atoms. The molecule has 1 aliphatic carbocycles. The van der Waals surface area contributed by atoms with Gasteiger partial charge in [-0.25, -0.2) is 10.4 Å². The van der Waals surface area contributed by atoms with Crippen molar-refractivity contribution in [3.63, 3.8) is 0 Å². The number of fused-ring (bicyclic) bond motifs is 3. The number of nitro benzene ring substituents is 1. The standard InChI is InChI=1S/C27H22ClN5O4S2/c28-18-11-13-19(14-12-18)32-26(35)24-20-8-2-4-10-22(20)39-25(24)30-27(32)38-16-23(34)31-29-15-5-7-17-6-1-3-9-21(17)33(36)37/h1,3,5-7,9,11-15H,2,4,8,10,16H2,(H,31,34). The molecule has 2 aromatic heterocycles. The first-order valence-electron chi connectivity index (χ1n) is 12.1. The molecular weight excluding hydrogens is 558 g/mol. The molecule has 39 heavy (non-hydrogen) atoms. The van der Waals surface area contributed by atoms with Crippen LogP contribution in [0.4, 0.5) is 5.69 Å². The van der Waals surface area contributed by atoms with Gasteiger partial charge in [-0.05, 0) is 73.7 Å². The van der Waals surface area contributed by atoms with E-state index in [0.29, 0.717) is 31.6 Å². The van der Waals surface area contributed by atoms with Crippen molar-refractivity contribution in [3.05, 3.63) is 96.1 Å². The third-order valence-corrected chi connectivity index (χ3v) is 8.51. The number of nitro groups is 1. The Hall–Kier alpha value is -3.80. The summed E-state index contributed by atoms with van der Waals surface area (Å²) in [6.07, 6.45) is 8.34. The van der Waals surface area contributed by atoms with Crippen molar-refractivity contribution in [2.75, 3.05) is 5.75 Å². The van der Waals surface area contributed by atoms with Gasteiger partial charge in [0, 0.05) is 22.2 Å². The van der Waals surface area contributed by atoms with Gasteiger partial charge in [-0.1, -0.05) is 35.5 Å². The Morgan fingerprint density at radius 3 is 2.77 bits per heavy atom. The van der Waals surface area contributed by atoms with Gasteiger partial charge in [0.05, 0.1) is 27.3 Å². The van der Waals surface area contributed by atoms with E-state index in [1.54, 1.807) is 53.8 Å². The number of aryl methyl sites for hydroxylation is 2. The predicted octanol–water partition coefficient (Wildman–Crippen LogP) is 5.80. The highest BCUT2D eigenvalue weighted by Gasteiger charge is 2.23. The van der Waals surface area contributed by atoms with E-state index in [1.165, 1.54) is 33.9 Å². The Bertz CT molecular complexity index is 1680. The predicted molar refractivity (Wildman–Crippen MR) is 156 cm³/mol. The Morgan fingerprint density at radius 1 is 1.21 bits per heavy atom. The minimum atomic E-state index is -0.462. The molecule has 0 atom stereocenters. The lowest BCUT2D eigenvalue weighted by Crippen LogP contribution is -2.24. The number of nitrogens with one attached hydrogen (secondary N) is 1. The van der Waals surface area contributed by atoms with Crippen LogP contribution in [0, 0.1) is 10.1 Å². The van der Waals surface area contributed by atoms with Crippen LogP contribution in [0.3, 0.4) is 0 Å². The largest absolute Gasteiger partial charge is 0.276 e. The van der Waals surface area contributed by atoms with Gasteiger partial charge < -0.3 is 0 Å². The number of hydrogen-bond donors (Lipinski definition) is 1. The SMILES string of the molecule is O=C(CSc1nc2sc3c(c2c(=O)n1-c1ccc(Cl)cc1)CCCC3)NN=CC=Cc1ccccc1[N+](=O)[O-]. The molecule has 0 radical (unpaired) electrons. The third kappa shape index (κ3) is 5.95. The van der Waals surface area contributed by atoms with E-state index in [9.17, 15) is 19.7 Å². The second-order valence-electron chi connectivity index (χ2n) is 8.68. The van der Waals surface area contributed by atoms with Crippen molar-refractivity contribution < 1.29 is 9.72 Å². The Labute approximate surface area is 236 Å². The third-order valence-electron chi connectivity index (χ3n) is 6.13. The number of aromatic nitrogens is 2. The van der Waals surface area contributed by atoms with Crippen molar-refractivity contribution in [3.8, 4) is 5.69 Å². The molecule has 2 aromatic carbocycles. The van der Waals surface area contributed by atoms with Gasteiger partial charge in [0.15, 0.2) is 5.16 Å². The first-order chi connectivity index (χ1) is 18.9. The quantitative estimate of drug-likeness (QED) is 0.0927. The lowest BCUT2D eigenvalue weighted by atomic mass is 9.97. The number of para-hydroxylation sites is 1. The van der Waals surface area contributed by atoms with Crippen molar-refractivity contribution >= 4 is 68.8 Å². The summed E-state index contributed by atoms with van der Waals surface area (Å²) in [5.41, 5.74) is 4.40. The highest BCUT2D eigenvalue weighted by molar-refractivity contribution is 7.99. The molecule has 12 heteroatoms. The maximum absolute atomic E-state index is 13.7. The summed E-state index contributed by atoms with van der Waals surface area (Å²) >= 11 is 8.77. The fourth-order valence-corrected chi connectivity index (χ4v) is 6.59. The maximum Gasteiger partial charge on any atom is 0.276 e. The van der Waals surface area contributed by atoms with E-state index in [4.69, 9.17) is 16.6 Å². The van der Waals surface area contributed by atoms with Crippen molar-refractivity contribution in [2.24, 2.45) is 5.10 Å². The number of benzene rings is 2. The van der Waals surface area contributed by atoms with Crippen LogP contribution < -0.4 is 11.0 Å². The minimum Gasteiger partial charge on any atom is -0.272 e. The number of carbonyl (C=O) groups excluding carboxylic acids is 1. The van der Waals surface area contributed by atoms with Crippen LogP contribution >= 0.6 is 34.7 Å². The number of hydrogen-bond acceptors (Lipinski definition) is 8. The number of allylic oxidation sites excluding steroid dienone is 1. The maximum atomic E-state index is 13.7. The first kappa shape index (κ1) is 26.8. The van der Waals surface area contributed by atoms with Crippen LogP contribution in [-0.2, 0) is 17.6 Å². The number of halogens is 1. The molecule has 4 aromatic rings. The Kier molecular flexibility index (Phi) is 8.20. The van der Waals surface area contributed by atoms with Gasteiger partial charge in [-0.3, -0.25) is 24.3 Å². The second-order valence-corrected chi connectivity index (χ2v) is 11.1. The van der Waals surface area contributed by atoms with Crippen LogP contribution in [0.5, 0.6) is 0 Å². The molecule has 9 nitrogen and oxygen atoms in total.